The minimum absolute atomic E-state index is 0.170. The van der Waals surface area contributed by atoms with Crippen molar-refractivity contribution in [1.82, 2.24) is 30.4 Å². The molecule has 3 aromatic rings. The fourth-order valence-corrected chi connectivity index (χ4v) is 5.42. The number of fused-ring (bicyclic) bond motifs is 1. The third-order valence-electron chi connectivity index (χ3n) is 7.29. The van der Waals surface area contributed by atoms with E-state index in [1.54, 1.807) is 31.4 Å². The summed E-state index contributed by atoms with van der Waals surface area (Å²) in [5.74, 6) is 1.23. The van der Waals surface area contributed by atoms with E-state index >= 15 is 0 Å². The van der Waals surface area contributed by atoms with Crippen LogP contribution in [-0.4, -0.2) is 82.7 Å². The molecule has 4 heterocycles. The van der Waals surface area contributed by atoms with E-state index in [-0.39, 0.29) is 30.2 Å². The second kappa shape index (κ2) is 9.96. The van der Waals surface area contributed by atoms with Crippen LogP contribution in [0.15, 0.2) is 48.5 Å². The van der Waals surface area contributed by atoms with Gasteiger partial charge in [-0.05, 0) is 72.3 Å². The van der Waals surface area contributed by atoms with Crippen LogP contribution in [0.2, 0.25) is 0 Å². The fraction of sp³-hybridized carbons (Fsp3) is 0.462. The Morgan fingerprint density at radius 3 is 2.69 bits per heavy atom. The zero-order chi connectivity index (χ0) is 24.5. The van der Waals surface area contributed by atoms with Gasteiger partial charge >= 0.3 is 0 Å². The van der Waals surface area contributed by atoms with E-state index in [1.165, 1.54) is 18.4 Å². The monoisotopic (exact) mass is 490 g/mol. The molecule has 3 saturated heterocycles. The van der Waals surface area contributed by atoms with Crippen LogP contribution in [0.3, 0.4) is 0 Å². The van der Waals surface area contributed by atoms with Crippen molar-refractivity contribution in [3.05, 3.63) is 59.7 Å². The van der Waals surface area contributed by atoms with Gasteiger partial charge in [-0.15, -0.1) is 5.10 Å². The molecule has 3 aliphatic rings. The molecular formula is C26H30N6O4. The Balaban J connectivity index is 1.15. The van der Waals surface area contributed by atoms with Crippen molar-refractivity contribution >= 4 is 5.91 Å². The Kier molecular flexibility index (Phi) is 6.39. The normalized spacial score (nSPS) is 25.7. The number of carbonyl (C=O) groups excluding carboxylic acids is 1. The quantitative estimate of drug-likeness (QED) is 0.537. The van der Waals surface area contributed by atoms with Gasteiger partial charge in [0, 0.05) is 17.7 Å². The number of rotatable bonds is 7. The molecule has 0 unspecified atom stereocenters. The highest BCUT2D eigenvalue weighted by molar-refractivity contribution is 5.94. The van der Waals surface area contributed by atoms with Crippen molar-refractivity contribution in [3.63, 3.8) is 0 Å². The van der Waals surface area contributed by atoms with Gasteiger partial charge in [0.15, 0.2) is 5.82 Å². The number of benzene rings is 2. The molecule has 3 fully saturated rings. The van der Waals surface area contributed by atoms with E-state index in [9.17, 15) is 4.79 Å². The maximum Gasteiger partial charge on any atom is 0.251 e. The fourth-order valence-electron chi connectivity index (χ4n) is 5.42. The molecule has 1 aromatic heterocycles. The summed E-state index contributed by atoms with van der Waals surface area (Å²) in [6, 6.07) is 15.0. The highest BCUT2D eigenvalue weighted by atomic mass is 16.6. The summed E-state index contributed by atoms with van der Waals surface area (Å²) in [6.07, 6.45) is 2.02. The second-order valence-electron chi connectivity index (χ2n) is 9.60. The molecule has 10 nitrogen and oxygen atoms in total. The summed E-state index contributed by atoms with van der Waals surface area (Å²) in [6.45, 7) is 4.02. The molecule has 6 rings (SSSR count). The number of likely N-dealkylation sites (tertiary alicyclic amines) is 1. The Bertz CT molecular complexity index is 1210. The predicted molar refractivity (Wildman–Crippen MR) is 131 cm³/mol. The standard InChI is InChI=1S/C26H30N6O4/c1-34-20-9-7-18(8-10-20)26(33)27-21-15-35-24-22(16-36-23(21)24)32-25(28-29-30-32)19-6-4-5-17(13-19)14-31-11-2-3-12-31/h4-10,13,21-24H,2-3,11-12,14-16H2,1H3,(H,27,33)/t21-,22-,23+,24+/m0/s1. The van der Waals surface area contributed by atoms with Crippen LogP contribution in [0.4, 0.5) is 0 Å². The number of hydrogen-bond donors (Lipinski definition) is 1. The SMILES string of the molecule is COc1ccc(C(=O)N[C@H]2CO[C@H]3[C@@H]2OC[C@@H]3n2nnnc2-c2cccc(CN3CCCC3)c2)cc1. The van der Waals surface area contributed by atoms with Crippen LogP contribution in [0.25, 0.3) is 11.4 Å². The lowest BCUT2D eigenvalue weighted by Crippen LogP contribution is -2.44. The summed E-state index contributed by atoms with van der Waals surface area (Å²) in [7, 11) is 1.60. The Hall–Kier alpha value is -3.34. The number of aromatic nitrogens is 4. The van der Waals surface area contributed by atoms with Crippen LogP contribution >= 0.6 is 0 Å². The van der Waals surface area contributed by atoms with Gasteiger partial charge in [0.1, 0.15) is 24.0 Å². The topological polar surface area (TPSA) is 104 Å². The zero-order valence-electron chi connectivity index (χ0n) is 20.2. The number of tetrazole rings is 1. The van der Waals surface area contributed by atoms with Gasteiger partial charge in [0.05, 0.1) is 26.4 Å². The minimum Gasteiger partial charge on any atom is -0.497 e. The van der Waals surface area contributed by atoms with Gasteiger partial charge in [-0.2, -0.15) is 0 Å². The van der Waals surface area contributed by atoms with Crippen molar-refractivity contribution in [3.8, 4) is 17.1 Å². The summed E-state index contributed by atoms with van der Waals surface area (Å²) < 4.78 is 19.2. The lowest BCUT2D eigenvalue weighted by atomic mass is 10.0. The first-order valence-electron chi connectivity index (χ1n) is 12.5. The largest absolute Gasteiger partial charge is 0.497 e. The molecule has 0 spiro atoms. The molecule has 0 aliphatic carbocycles. The van der Waals surface area contributed by atoms with E-state index < -0.39 is 0 Å². The van der Waals surface area contributed by atoms with Gasteiger partial charge in [0.2, 0.25) is 0 Å². The maximum atomic E-state index is 12.8. The molecule has 0 radical (unpaired) electrons. The summed E-state index contributed by atoms with van der Waals surface area (Å²) in [4.78, 5) is 15.3. The van der Waals surface area contributed by atoms with E-state index in [2.05, 4.69) is 43.9 Å². The molecule has 1 amide bonds. The van der Waals surface area contributed by atoms with Crippen molar-refractivity contribution < 1.29 is 19.0 Å². The van der Waals surface area contributed by atoms with Gasteiger partial charge < -0.3 is 19.5 Å². The van der Waals surface area contributed by atoms with E-state index in [0.717, 1.165) is 25.2 Å². The molecule has 3 aliphatic heterocycles. The smallest absolute Gasteiger partial charge is 0.251 e. The first kappa shape index (κ1) is 23.1. The van der Waals surface area contributed by atoms with Crippen molar-refractivity contribution in [2.45, 2.75) is 43.7 Å². The van der Waals surface area contributed by atoms with Gasteiger partial charge in [-0.25, -0.2) is 4.68 Å². The van der Waals surface area contributed by atoms with Gasteiger partial charge in [-0.3, -0.25) is 9.69 Å². The Morgan fingerprint density at radius 2 is 1.89 bits per heavy atom. The maximum absolute atomic E-state index is 12.8. The number of methoxy groups -OCH3 is 1. The number of ether oxygens (including phenoxy) is 3. The highest BCUT2D eigenvalue weighted by Crippen LogP contribution is 2.36. The Labute approximate surface area is 209 Å². The molecule has 188 valence electrons. The van der Waals surface area contributed by atoms with Crippen molar-refractivity contribution in [1.29, 1.82) is 0 Å². The average Bonchev–Trinajstić information content (AvgIpc) is 3.70. The number of amides is 1. The molecule has 10 heteroatoms. The second-order valence-corrected chi connectivity index (χ2v) is 9.60. The van der Waals surface area contributed by atoms with Crippen LogP contribution < -0.4 is 10.1 Å². The van der Waals surface area contributed by atoms with Crippen LogP contribution in [-0.2, 0) is 16.0 Å². The summed E-state index contributed by atoms with van der Waals surface area (Å²) >= 11 is 0. The third-order valence-corrected chi connectivity index (χ3v) is 7.29. The van der Waals surface area contributed by atoms with Crippen LogP contribution in [0.5, 0.6) is 5.75 Å². The Morgan fingerprint density at radius 1 is 1.08 bits per heavy atom. The molecule has 0 saturated carbocycles. The molecule has 36 heavy (non-hydrogen) atoms. The van der Waals surface area contributed by atoms with Gasteiger partial charge in [-0.1, -0.05) is 18.2 Å². The molecule has 2 aromatic carbocycles. The van der Waals surface area contributed by atoms with E-state index in [0.29, 0.717) is 30.4 Å². The number of hydrogen-bond acceptors (Lipinski definition) is 8. The number of carbonyl (C=O) groups is 1. The van der Waals surface area contributed by atoms with Crippen molar-refractivity contribution in [2.75, 3.05) is 33.4 Å². The van der Waals surface area contributed by atoms with E-state index in [1.807, 2.05) is 10.7 Å². The first-order chi connectivity index (χ1) is 17.7. The lowest BCUT2D eigenvalue weighted by molar-refractivity contribution is 0.0615. The zero-order valence-corrected chi connectivity index (χ0v) is 20.2. The molecule has 1 N–H and O–H groups in total. The molecular weight excluding hydrogens is 460 g/mol. The summed E-state index contributed by atoms with van der Waals surface area (Å²) in [5, 5.41) is 15.7. The first-order valence-corrected chi connectivity index (χ1v) is 12.5. The summed E-state index contributed by atoms with van der Waals surface area (Å²) in [5.41, 5.74) is 2.79. The van der Waals surface area contributed by atoms with Crippen LogP contribution in [0, 0.1) is 0 Å². The third kappa shape index (κ3) is 4.47. The average molecular weight is 491 g/mol. The molecule has 0 bridgehead atoms. The molecule has 4 atom stereocenters. The number of nitrogens with zero attached hydrogens (tertiary/aromatic N) is 5. The van der Waals surface area contributed by atoms with Crippen LogP contribution in [0.1, 0.15) is 34.8 Å². The highest BCUT2D eigenvalue weighted by Gasteiger charge is 2.50. The predicted octanol–water partition coefficient (Wildman–Crippen LogP) is 2.08. The van der Waals surface area contributed by atoms with Gasteiger partial charge in [0.25, 0.3) is 5.91 Å². The number of nitrogens with one attached hydrogen (secondary N) is 1. The van der Waals surface area contributed by atoms with E-state index in [4.69, 9.17) is 14.2 Å². The minimum atomic E-state index is -0.268. The van der Waals surface area contributed by atoms with Crippen molar-refractivity contribution in [2.24, 2.45) is 0 Å². The lowest BCUT2D eigenvalue weighted by Gasteiger charge is -2.18.